The van der Waals surface area contributed by atoms with Crippen LogP contribution in [0.25, 0.3) is 0 Å². The minimum absolute atomic E-state index is 0.0497. The van der Waals surface area contributed by atoms with Crippen LogP contribution in [0.2, 0.25) is 0 Å². The molecule has 0 heterocycles. The maximum atomic E-state index is 10.6. The zero-order chi connectivity index (χ0) is 17.1. The lowest BCUT2D eigenvalue weighted by atomic mass is 9.80. The zero-order valence-electron chi connectivity index (χ0n) is 14.4. The molecule has 0 atom stereocenters. The molecule has 0 aliphatic carbocycles. The number of carboxylic acid groups (broad SMARTS) is 1. The van der Waals surface area contributed by atoms with Gasteiger partial charge in [0.2, 0.25) is 0 Å². The largest absolute Gasteiger partial charge is 0.492 e. The highest BCUT2D eigenvalue weighted by Gasteiger charge is 2.25. The van der Waals surface area contributed by atoms with Crippen molar-refractivity contribution in [1.82, 2.24) is 0 Å². The fourth-order valence-corrected chi connectivity index (χ4v) is 2.70. The molecule has 0 saturated carbocycles. The summed E-state index contributed by atoms with van der Waals surface area (Å²) in [6.07, 6.45) is 0.634. The smallest absolute Gasteiger partial charge is 0.303 e. The van der Waals surface area contributed by atoms with Crippen molar-refractivity contribution in [3.63, 3.8) is 0 Å². The van der Waals surface area contributed by atoms with Gasteiger partial charge in [0.25, 0.3) is 0 Å². The van der Waals surface area contributed by atoms with Gasteiger partial charge in [0.1, 0.15) is 5.75 Å². The minimum atomic E-state index is -0.790. The van der Waals surface area contributed by atoms with Crippen LogP contribution in [-0.4, -0.2) is 17.7 Å². The first kappa shape index (κ1) is 19.0. The molecule has 1 rings (SSSR count). The van der Waals surface area contributed by atoms with Crippen molar-refractivity contribution in [3.05, 3.63) is 27.7 Å². The van der Waals surface area contributed by atoms with Crippen LogP contribution in [0, 0.1) is 0 Å². The topological polar surface area (TPSA) is 46.5 Å². The Labute approximate surface area is 142 Å². The second-order valence-electron chi connectivity index (χ2n) is 7.68. The van der Waals surface area contributed by atoms with Crippen molar-refractivity contribution >= 4 is 21.9 Å². The number of benzene rings is 1. The summed E-state index contributed by atoms with van der Waals surface area (Å²) in [6, 6.07) is 4.30. The summed E-state index contributed by atoms with van der Waals surface area (Å²) in [5.74, 6) is 0.0349. The zero-order valence-corrected chi connectivity index (χ0v) is 16.0. The number of hydrogen-bond acceptors (Lipinski definition) is 2. The van der Waals surface area contributed by atoms with Gasteiger partial charge in [-0.3, -0.25) is 4.79 Å². The quantitative estimate of drug-likeness (QED) is 0.716. The summed E-state index contributed by atoms with van der Waals surface area (Å²) in [4.78, 5) is 10.6. The Kier molecular flexibility index (Phi) is 6.08. The van der Waals surface area contributed by atoms with Gasteiger partial charge in [-0.2, -0.15) is 0 Å². The number of halogens is 1. The molecule has 0 saturated heterocycles. The number of ether oxygens (including phenoxy) is 1. The normalized spacial score (nSPS) is 12.3. The van der Waals surface area contributed by atoms with Gasteiger partial charge in [-0.25, -0.2) is 0 Å². The predicted octanol–water partition coefficient (Wildman–Crippen LogP) is 5.29. The molecule has 0 aromatic heterocycles. The second kappa shape index (κ2) is 7.03. The van der Waals surface area contributed by atoms with Crippen LogP contribution in [0.3, 0.4) is 0 Å². The van der Waals surface area contributed by atoms with E-state index >= 15 is 0 Å². The van der Waals surface area contributed by atoms with Gasteiger partial charge in [0.15, 0.2) is 0 Å². The van der Waals surface area contributed by atoms with E-state index < -0.39 is 5.97 Å². The Morgan fingerprint density at radius 2 is 1.73 bits per heavy atom. The second-order valence-corrected chi connectivity index (χ2v) is 8.53. The van der Waals surface area contributed by atoms with Crippen LogP contribution in [0.15, 0.2) is 16.6 Å². The van der Waals surface area contributed by atoms with Crippen molar-refractivity contribution in [2.24, 2.45) is 0 Å². The number of rotatable bonds is 5. The van der Waals surface area contributed by atoms with Gasteiger partial charge in [-0.15, -0.1) is 0 Å². The highest BCUT2D eigenvalue weighted by molar-refractivity contribution is 9.10. The highest BCUT2D eigenvalue weighted by atomic mass is 79.9. The molecule has 1 aromatic rings. The predicted molar refractivity (Wildman–Crippen MR) is 93.9 cm³/mol. The van der Waals surface area contributed by atoms with Crippen LogP contribution < -0.4 is 4.74 Å². The van der Waals surface area contributed by atoms with Gasteiger partial charge in [-0.05, 0) is 44.8 Å². The lowest BCUT2D eigenvalue weighted by Gasteiger charge is -2.28. The van der Waals surface area contributed by atoms with Gasteiger partial charge in [-0.1, -0.05) is 47.6 Å². The maximum absolute atomic E-state index is 10.6. The van der Waals surface area contributed by atoms with Gasteiger partial charge < -0.3 is 9.84 Å². The van der Waals surface area contributed by atoms with E-state index in [1.807, 2.05) is 0 Å². The van der Waals surface area contributed by atoms with Crippen LogP contribution in [0.4, 0.5) is 0 Å². The van der Waals surface area contributed by atoms with E-state index in [0.29, 0.717) is 13.0 Å². The number of carbonyl (C=O) groups is 1. The number of aliphatic carboxylic acids is 1. The molecular weight excluding hydrogens is 344 g/mol. The van der Waals surface area contributed by atoms with E-state index in [1.165, 1.54) is 5.56 Å². The number of carboxylic acids is 1. The average Bonchev–Trinajstić information content (AvgIpc) is 2.32. The summed E-state index contributed by atoms with van der Waals surface area (Å²) in [6.45, 7) is 13.4. The van der Waals surface area contributed by atoms with E-state index in [-0.39, 0.29) is 17.3 Å². The molecule has 124 valence electrons. The molecule has 0 bridgehead atoms. The molecule has 0 fully saturated rings. The minimum Gasteiger partial charge on any atom is -0.492 e. The van der Waals surface area contributed by atoms with Crippen LogP contribution >= 0.6 is 15.9 Å². The molecule has 0 aliphatic heterocycles. The van der Waals surface area contributed by atoms with E-state index in [4.69, 9.17) is 9.84 Å². The first-order valence-corrected chi connectivity index (χ1v) is 8.41. The first-order valence-electron chi connectivity index (χ1n) is 7.62. The molecule has 0 radical (unpaired) electrons. The molecule has 0 amide bonds. The van der Waals surface area contributed by atoms with E-state index in [0.717, 1.165) is 15.8 Å². The summed E-state index contributed by atoms with van der Waals surface area (Å²) in [5, 5.41) is 8.71. The molecular formula is C18H27BrO3. The molecule has 22 heavy (non-hydrogen) atoms. The van der Waals surface area contributed by atoms with Crippen molar-refractivity contribution < 1.29 is 14.6 Å². The molecule has 1 aromatic carbocycles. The summed E-state index contributed by atoms with van der Waals surface area (Å²) in [5.41, 5.74) is 2.40. The monoisotopic (exact) mass is 370 g/mol. The van der Waals surface area contributed by atoms with E-state index in [2.05, 4.69) is 69.6 Å². The van der Waals surface area contributed by atoms with E-state index in [1.54, 1.807) is 0 Å². The standard InChI is InChI=1S/C18H27BrO3/c1-17(2,3)12-10-13(18(4,5)6)16(14(19)11-12)22-9-7-8-15(20)21/h10-11H,7-9H2,1-6H3,(H,20,21). The lowest BCUT2D eigenvalue weighted by Crippen LogP contribution is -2.18. The summed E-state index contributed by atoms with van der Waals surface area (Å²) >= 11 is 3.62. The molecule has 4 heteroatoms. The summed E-state index contributed by atoms with van der Waals surface area (Å²) < 4.78 is 6.83. The van der Waals surface area contributed by atoms with E-state index in [9.17, 15) is 4.79 Å². The number of hydrogen-bond donors (Lipinski definition) is 1. The van der Waals surface area contributed by atoms with Crippen LogP contribution in [0.5, 0.6) is 5.75 Å². The Morgan fingerprint density at radius 3 is 2.18 bits per heavy atom. The van der Waals surface area contributed by atoms with Gasteiger partial charge in [0.05, 0.1) is 11.1 Å². The fourth-order valence-electron chi connectivity index (χ4n) is 2.13. The maximum Gasteiger partial charge on any atom is 0.303 e. The Bertz CT molecular complexity index is 536. The fraction of sp³-hybridized carbons (Fsp3) is 0.611. The highest BCUT2D eigenvalue weighted by Crippen LogP contribution is 2.40. The third-order valence-corrected chi connectivity index (χ3v) is 4.09. The van der Waals surface area contributed by atoms with Crippen molar-refractivity contribution in [2.75, 3.05) is 6.61 Å². The van der Waals surface area contributed by atoms with Gasteiger partial charge >= 0.3 is 5.97 Å². The molecule has 0 spiro atoms. The van der Waals surface area contributed by atoms with Crippen molar-refractivity contribution in [2.45, 2.75) is 65.2 Å². The van der Waals surface area contributed by atoms with Crippen molar-refractivity contribution in [1.29, 1.82) is 0 Å². The molecule has 0 aliphatic rings. The summed E-state index contributed by atoms with van der Waals surface area (Å²) in [7, 11) is 0. The Morgan fingerprint density at radius 1 is 1.14 bits per heavy atom. The lowest BCUT2D eigenvalue weighted by molar-refractivity contribution is -0.137. The van der Waals surface area contributed by atoms with Crippen molar-refractivity contribution in [3.8, 4) is 5.75 Å². The SMILES string of the molecule is CC(C)(C)c1cc(Br)c(OCCCC(=O)O)c(C(C)(C)C)c1. The average molecular weight is 371 g/mol. The third-order valence-electron chi connectivity index (χ3n) is 3.50. The third kappa shape index (κ3) is 5.31. The molecule has 1 N–H and O–H groups in total. The molecule has 3 nitrogen and oxygen atoms in total. The Balaban J connectivity index is 3.12. The van der Waals surface area contributed by atoms with Crippen LogP contribution in [-0.2, 0) is 15.6 Å². The first-order chi connectivity index (χ1) is 9.93. The van der Waals surface area contributed by atoms with Crippen LogP contribution in [0.1, 0.15) is 65.5 Å². The Hall–Kier alpha value is -1.03. The molecule has 0 unspecified atom stereocenters. The van der Waals surface area contributed by atoms with Gasteiger partial charge in [0, 0.05) is 12.0 Å².